The molecule has 1 aromatic heterocycles. The molecule has 0 N–H and O–H groups in total. The summed E-state index contributed by atoms with van der Waals surface area (Å²) in [6.45, 7) is -2.97. The second-order valence-corrected chi connectivity index (χ2v) is 4.44. The van der Waals surface area contributed by atoms with Gasteiger partial charge in [0.25, 0.3) is 0 Å². The van der Waals surface area contributed by atoms with Gasteiger partial charge in [0.15, 0.2) is 0 Å². The average Bonchev–Trinajstić information content (AvgIpc) is 2.86. The molecule has 3 nitrogen and oxygen atoms in total. The first-order valence-corrected chi connectivity index (χ1v) is 6.21. The molecule has 6 heteroatoms. The van der Waals surface area contributed by atoms with Crippen LogP contribution in [-0.2, 0) is 0 Å². The zero-order chi connectivity index (χ0) is 13.8. The van der Waals surface area contributed by atoms with Crippen molar-refractivity contribution in [3.05, 3.63) is 46.2 Å². The second kappa shape index (κ2) is 5.79. The first kappa shape index (κ1) is 13.5. The van der Waals surface area contributed by atoms with E-state index in [2.05, 4.69) is 4.74 Å². The Balaban J connectivity index is 2.39. The van der Waals surface area contributed by atoms with Crippen LogP contribution >= 0.6 is 11.3 Å². The van der Waals surface area contributed by atoms with E-state index in [4.69, 9.17) is 4.74 Å². The lowest BCUT2D eigenvalue weighted by Crippen LogP contribution is -2.08. The Kier molecular flexibility index (Phi) is 4.11. The summed E-state index contributed by atoms with van der Waals surface area (Å²) >= 11 is 1.19. The van der Waals surface area contributed by atoms with Crippen molar-refractivity contribution in [1.29, 1.82) is 0 Å². The molecule has 0 bridgehead atoms. The van der Waals surface area contributed by atoms with Gasteiger partial charge in [0, 0.05) is 0 Å². The fourth-order valence-corrected chi connectivity index (χ4v) is 2.41. The highest BCUT2D eigenvalue weighted by atomic mass is 32.1. The molecule has 0 atom stereocenters. The molecule has 0 fully saturated rings. The first-order chi connectivity index (χ1) is 9.13. The van der Waals surface area contributed by atoms with Gasteiger partial charge in [-0.1, -0.05) is 12.1 Å². The molecule has 0 aliphatic carbocycles. The number of methoxy groups -OCH3 is 1. The van der Waals surface area contributed by atoms with Crippen molar-refractivity contribution < 1.29 is 23.0 Å². The summed E-state index contributed by atoms with van der Waals surface area (Å²) in [5, 5.41) is 1.70. The summed E-state index contributed by atoms with van der Waals surface area (Å²) < 4.78 is 34.0. The van der Waals surface area contributed by atoms with E-state index in [-0.39, 0.29) is 11.3 Å². The predicted molar refractivity (Wildman–Crippen MR) is 67.4 cm³/mol. The fourth-order valence-electron chi connectivity index (χ4n) is 1.60. The molecule has 0 aliphatic heterocycles. The standard InChI is InChI=1S/C13H10F2O3S/c1-17-10-6-7-19-12(10)11(16)8-4-2-3-5-9(8)18-13(14)15/h2-7,13H,1H3. The van der Waals surface area contributed by atoms with Crippen molar-refractivity contribution in [3.8, 4) is 11.5 Å². The van der Waals surface area contributed by atoms with E-state index in [1.165, 1.54) is 36.6 Å². The van der Waals surface area contributed by atoms with E-state index in [0.717, 1.165) is 0 Å². The van der Waals surface area contributed by atoms with Crippen LogP contribution in [0.4, 0.5) is 8.78 Å². The minimum absolute atomic E-state index is 0.0866. The summed E-state index contributed by atoms with van der Waals surface area (Å²) in [6, 6.07) is 7.54. The van der Waals surface area contributed by atoms with Crippen LogP contribution in [0, 0.1) is 0 Å². The molecular weight excluding hydrogens is 274 g/mol. The largest absolute Gasteiger partial charge is 0.495 e. The number of rotatable bonds is 5. The number of hydrogen-bond acceptors (Lipinski definition) is 4. The lowest BCUT2D eigenvalue weighted by Gasteiger charge is -2.09. The monoisotopic (exact) mass is 284 g/mol. The SMILES string of the molecule is COc1ccsc1C(=O)c1ccccc1OC(F)F. The molecule has 0 aliphatic rings. The zero-order valence-electron chi connectivity index (χ0n) is 9.93. The summed E-state index contributed by atoms with van der Waals surface area (Å²) in [5.74, 6) is -0.122. The zero-order valence-corrected chi connectivity index (χ0v) is 10.7. The quantitative estimate of drug-likeness (QED) is 0.787. The van der Waals surface area contributed by atoms with E-state index < -0.39 is 12.4 Å². The number of benzene rings is 1. The number of carbonyl (C=O) groups is 1. The van der Waals surface area contributed by atoms with Gasteiger partial charge in [0.1, 0.15) is 16.4 Å². The van der Waals surface area contributed by atoms with Gasteiger partial charge >= 0.3 is 6.61 Å². The number of thiophene rings is 1. The van der Waals surface area contributed by atoms with Crippen molar-refractivity contribution in [2.24, 2.45) is 0 Å². The van der Waals surface area contributed by atoms with Crippen molar-refractivity contribution >= 4 is 17.1 Å². The van der Waals surface area contributed by atoms with Crippen LogP contribution in [0.5, 0.6) is 11.5 Å². The maximum absolute atomic E-state index is 12.3. The van der Waals surface area contributed by atoms with Crippen LogP contribution < -0.4 is 9.47 Å². The molecule has 19 heavy (non-hydrogen) atoms. The fraction of sp³-hybridized carbons (Fsp3) is 0.154. The topological polar surface area (TPSA) is 35.5 Å². The summed E-state index contributed by atoms with van der Waals surface area (Å²) in [5.41, 5.74) is 0.0866. The summed E-state index contributed by atoms with van der Waals surface area (Å²) in [7, 11) is 1.44. The van der Waals surface area contributed by atoms with E-state index in [1.54, 1.807) is 17.5 Å². The molecule has 100 valence electrons. The molecule has 2 rings (SSSR count). The van der Waals surface area contributed by atoms with E-state index >= 15 is 0 Å². The minimum atomic E-state index is -2.97. The molecule has 2 aromatic rings. The number of ketones is 1. The normalized spacial score (nSPS) is 10.5. The highest BCUT2D eigenvalue weighted by molar-refractivity contribution is 7.12. The van der Waals surface area contributed by atoms with Gasteiger partial charge in [-0.2, -0.15) is 8.78 Å². The average molecular weight is 284 g/mol. The lowest BCUT2D eigenvalue weighted by atomic mass is 10.1. The Hall–Kier alpha value is -1.95. The number of para-hydroxylation sites is 1. The van der Waals surface area contributed by atoms with Gasteiger partial charge in [0.05, 0.1) is 12.7 Å². The number of halogens is 2. The Labute approximate surface area is 112 Å². The van der Waals surface area contributed by atoms with Gasteiger partial charge in [-0.25, -0.2) is 0 Å². The number of hydrogen-bond donors (Lipinski definition) is 0. The highest BCUT2D eigenvalue weighted by Crippen LogP contribution is 2.30. The summed E-state index contributed by atoms with van der Waals surface area (Å²) in [4.78, 5) is 12.6. The molecule has 0 saturated carbocycles. The minimum Gasteiger partial charge on any atom is -0.495 e. The van der Waals surface area contributed by atoms with E-state index in [1.807, 2.05) is 0 Å². The van der Waals surface area contributed by atoms with Gasteiger partial charge in [-0.3, -0.25) is 4.79 Å². The van der Waals surface area contributed by atoms with Crippen molar-refractivity contribution in [2.75, 3.05) is 7.11 Å². The third-order valence-corrected chi connectivity index (χ3v) is 3.30. The van der Waals surface area contributed by atoms with Crippen LogP contribution in [0.25, 0.3) is 0 Å². The Morgan fingerprint density at radius 2 is 1.95 bits per heavy atom. The van der Waals surface area contributed by atoms with Crippen LogP contribution in [0.15, 0.2) is 35.7 Å². The van der Waals surface area contributed by atoms with Gasteiger partial charge in [-0.15, -0.1) is 11.3 Å². The maximum atomic E-state index is 12.3. The molecule has 0 spiro atoms. The van der Waals surface area contributed by atoms with Gasteiger partial charge < -0.3 is 9.47 Å². The van der Waals surface area contributed by atoms with Crippen LogP contribution in [0.2, 0.25) is 0 Å². The molecular formula is C13H10F2O3S. The number of ether oxygens (including phenoxy) is 2. The molecule has 1 aromatic carbocycles. The molecule has 0 radical (unpaired) electrons. The van der Waals surface area contributed by atoms with Crippen LogP contribution in [0.3, 0.4) is 0 Å². The number of carbonyl (C=O) groups excluding carboxylic acids is 1. The smallest absolute Gasteiger partial charge is 0.387 e. The molecule has 0 unspecified atom stereocenters. The van der Waals surface area contributed by atoms with E-state index in [9.17, 15) is 13.6 Å². The third-order valence-electron chi connectivity index (χ3n) is 2.40. The Bertz CT molecular complexity index is 581. The van der Waals surface area contributed by atoms with Crippen molar-refractivity contribution in [1.82, 2.24) is 0 Å². The van der Waals surface area contributed by atoms with Crippen molar-refractivity contribution in [3.63, 3.8) is 0 Å². The van der Waals surface area contributed by atoms with Crippen LogP contribution in [0.1, 0.15) is 15.2 Å². The van der Waals surface area contributed by atoms with Crippen molar-refractivity contribution in [2.45, 2.75) is 6.61 Å². The number of alkyl halides is 2. The van der Waals surface area contributed by atoms with E-state index in [0.29, 0.717) is 10.6 Å². The molecule has 0 saturated heterocycles. The highest BCUT2D eigenvalue weighted by Gasteiger charge is 2.20. The summed E-state index contributed by atoms with van der Waals surface area (Å²) in [6.07, 6.45) is 0. The van der Waals surface area contributed by atoms with Gasteiger partial charge in [0.2, 0.25) is 5.78 Å². The second-order valence-electron chi connectivity index (χ2n) is 3.52. The lowest BCUT2D eigenvalue weighted by molar-refractivity contribution is -0.0501. The molecule has 1 heterocycles. The first-order valence-electron chi connectivity index (χ1n) is 5.33. The Morgan fingerprint density at radius 3 is 2.63 bits per heavy atom. The predicted octanol–water partition coefficient (Wildman–Crippen LogP) is 3.59. The van der Waals surface area contributed by atoms with Crippen LogP contribution in [-0.4, -0.2) is 19.5 Å². The third kappa shape index (κ3) is 2.90. The molecule has 0 amide bonds. The van der Waals surface area contributed by atoms with Gasteiger partial charge in [-0.05, 0) is 23.6 Å². The maximum Gasteiger partial charge on any atom is 0.387 e. The Morgan fingerprint density at radius 1 is 1.21 bits per heavy atom.